The molecule has 0 radical (unpaired) electrons. The van der Waals surface area contributed by atoms with Gasteiger partial charge in [0.05, 0.1) is 18.9 Å². The minimum Gasteiger partial charge on any atom is -0.508 e. The summed E-state index contributed by atoms with van der Waals surface area (Å²) in [4.78, 5) is 58.5. The number of nitrogens with zero attached hydrogens (tertiary/aromatic N) is 3. The van der Waals surface area contributed by atoms with Gasteiger partial charge in [-0.1, -0.05) is 39.8 Å². The number of hydrogen-bond acceptors (Lipinski definition) is 9. The first kappa shape index (κ1) is 40.6. The molecule has 0 saturated carbocycles. The van der Waals surface area contributed by atoms with E-state index in [9.17, 15) is 24.3 Å². The van der Waals surface area contributed by atoms with Crippen LogP contribution in [0.3, 0.4) is 0 Å². The summed E-state index contributed by atoms with van der Waals surface area (Å²) in [5.41, 5.74) is 9.94. The zero-order chi connectivity index (χ0) is 40.3. The number of fused-ring (bicyclic) bond motifs is 6. The van der Waals surface area contributed by atoms with E-state index in [1.807, 2.05) is 38.2 Å². The number of Topliss-reactive ketones (excluding diaryl/α,β-unsaturated/α-hetero) is 1. The Morgan fingerprint density at radius 1 is 1.12 bits per heavy atom. The number of methoxy groups -OCH3 is 1. The van der Waals surface area contributed by atoms with Gasteiger partial charge in [-0.2, -0.15) is 0 Å². The number of phenols is 1. The molecule has 1 saturated heterocycles. The molecule has 3 N–H and O–H groups in total. The predicted molar refractivity (Wildman–Crippen MR) is 214 cm³/mol. The second kappa shape index (κ2) is 17.0. The van der Waals surface area contributed by atoms with Crippen molar-refractivity contribution in [1.29, 1.82) is 0 Å². The molecule has 2 aliphatic rings. The zero-order valence-electron chi connectivity index (χ0n) is 33.6. The van der Waals surface area contributed by atoms with Gasteiger partial charge in [0.25, 0.3) is 5.91 Å². The Labute approximate surface area is 328 Å². The Bertz CT molecular complexity index is 2120. The van der Waals surface area contributed by atoms with Gasteiger partial charge in [-0.3, -0.25) is 24.4 Å². The highest BCUT2D eigenvalue weighted by Crippen LogP contribution is 2.41. The van der Waals surface area contributed by atoms with Crippen LogP contribution in [0.1, 0.15) is 77.5 Å². The van der Waals surface area contributed by atoms with Crippen LogP contribution < -0.4 is 10.7 Å². The van der Waals surface area contributed by atoms with E-state index >= 15 is 0 Å². The molecule has 2 aromatic carbocycles. The number of cyclic esters (lactones) is 1. The largest absolute Gasteiger partial charge is 0.508 e. The average molecular weight is 766 g/mol. The highest BCUT2D eigenvalue weighted by atomic mass is 16.5. The average Bonchev–Trinajstić information content (AvgIpc) is 3.46. The second-order valence-electron chi connectivity index (χ2n) is 16.4. The van der Waals surface area contributed by atoms with Crippen LogP contribution in [0.2, 0.25) is 0 Å². The molecule has 1 fully saturated rings. The minimum atomic E-state index is -1.05. The summed E-state index contributed by atoms with van der Waals surface area (Å²) in [6.07, 6.45) is 5.36. The molecule has 12 nitrogen and oxygen atoms in total. The molecular formula is C44H55N5O7. The molecule has 2 aliphatic heterocycles. The van der Waals surface area contributed by atoms with Gasteiger partial charge in [-0.25, -0.2) is 5.43 Å². The summed E-state index contributed by atoms with van der Waals surface area (Å²) in [5, 5.41) is 16.5. The highest BCUT2D eigenvalue weighted by molar-refractivity contribution is 5.96. The molecule has 4 aromatic rings. The molecule has 2 amide bonds. The van der Waals surface area contributed by atoms with Crippen LogP contribution in [0.15, 0.2) is 54.9 Å². The Morgan fingerprint density at radius 3 is 2.62 bits per heavy atom. The molecule has 4 heterocycles. The number of aryl methyl sites for hydroxylation is 1. The van der Waals surface area contributed by atoms with E-state index in [1.54, 1.807) is 25.4 Å². The van der Waals surface area contributed by atoms with Crippen molar-refractivity contribution in [2.24, 2.45) is 17.3 Å². The Morgan fingerprint density at radius 2 is 1.91 bits per heavy atom. The lowest BCUT2D eigenvalue weighted by Gasteiger charge is -2.36. The number of phenolic OH excluding ortho intramolecular Hbond substituents is 1. The molecule has 0 unspecified atom stereocenters. The van der Waals surface area contributed by atoms with Crippen LogP contribution >= 0.6 is 0 Å². The molecule has 0 aliphatic carbocycles. The summed E-state index contributed by atoms with van der Waals surface area (Å²) >= 11 is 0. The first-order valence-electron chi connectivity index (χ1n) is 19.6. The van der Waals surface area contributed by atoms with Gasteiger partial charge in [0.2, 0.25) is 5.91 Å². The van der Waals surface area contributed by atoms with Crippen molar-refractivity contribution in [1.82, 2.24) is 25.3 Å². The SMILES string of the molecule is CCn1c(-c2cnccc2COC)c2c3cc(ccc31)-c1cc(O)cc(c1)C[C@H](NC(=O)[C@@H](CC(C)=O)C(C)C)C(=O)N1CCC[C@H](N1)C(=O)OCC(C)(C)C2. The monoisotopic (exact) mass is 765 g/mol. The van der Waals surface area contributed by atoms with Crippen molar-refractivity contribution in [2.75, 3.05) is 20.3 Å². The third-order valence-corrected chi connectivity index (χ3v) is 11.0. The standard InChI is InChI=1S/C44H55N5O7/c1-8-48-39-12-11-29-21-34(39)35(40(48)36-23-45-14-13-30(36)24-55-7)22-44(5,6)25-56-43(54)37-10-9-15-49(47-37)42(53)38(19-28-17-31(29)20-32(51)18-28)46-41(52)33(26(2)3)16-27(4)50/h11-14,17-18,20-21,23,26,33,37-38,47,51H,8-10,15-16,19,22,24-25H2,1-7H3,(H,46,52)/t33-,37-,38-/m0/s1. The number of benzene rings is 2. The third-order valence-electron chi connectivity index (χ3n) is 11.0. The van der Waals surface area contributed by atoms with E-state index in [-0.39, 0.29) is 36.9 Å². The van der Waals surface area contributed by atoms with Crippen molar-refractivity contribution in [3.63, 3.8) is 0 Å². The molecule has 12 heteroatoms. The van der Waals surface area contributed by atoms with Gasteiger partial charge in [0, 0.05) is 73.2 Å². The van der Waals surface area contributed by atoms with Crippen molar-refractivity contribution < 1.29 is 33.8 Å². The fourth-order valence-electron chi connectivity index (χ4n) is 8.15. The molecule has 6 bridgehead atoms. The maximum atomic E-state index is 14.3. The van der Waals surface area contributed by atoms with E-state index < -0.39 is 41.2 Å². The van der Waals surface area contributed by atoms with Crippen LogP contribution in [0, 0.1) is 17.3 Å². The number of esters is 1. The summed E-state index contributed by atoms with van der Waals surface area (Å²) in [6.45, 7) is 13.0. The number of amides is 2. The van der Waals surface area contributed by atoms with Gasteiger partial charge in [-0.15, -0.1) is 0 Å². The van der Waals surface area contributed by atoms with E-state index in [4.69, 9.17) is 9.47 Å². The molecule has 298 valence electrons. The molecule has 56 heavy (non-hydrogen) atoms. The lowest BCUT2D eigenvalue weighted by molar-refractivity contribution is -0.155. The number of hydrazine groups is 1. The number of ether oxygens (including phenoxy) is 2. The third kappa shape index (κ3) is 8.81. The number of aromatic hydroxyl groups is 1. The van der Waals surface area contributed by atoms with Crippen LogP contribution in [-0.4, -0.2) is 75.6 Å². The quantitative estimate of drug-likeness (QED) is 0.171. The second-order valence-corrected chi connectivity index (χ2v) is 16.4. The van der Waals surface area contributed by atoms with E-state index in [0.717, 1.165) is 44.4 Å². The summed E-state index contributed by atoms with van der Waals surface area (Å²) in [6, 6.07) is 11.7. The molecular weight excluding hydrogens is 711 g/mol. The topological polar surface area (TPSA) is 152 Å². The van der Waals surface area contributed by atoms with Crippen molar-refractivity contribution in [3.8, 4) is 28.1 Å². The first-order chi connectivity index (χ1) is 26.7. The van der Waals surface area contributed by atoms with Gasteiger partial charge in [-0.05, 0) is 97.2 Å². The molecule has 2 aromatic heterocycles. The van der Waals surface area contributed by atoms with Gasteiger partial charge in [0.1, 0.15) is 23.6 Å². The van der Waals surface area contributed by atoms with Crippen LogP contribution in [0.4, 0.5) is 0 Å². The first-order valence-corrected chi connectivity index (χ1v) is 19.6. The number of nitrogens with one attached hydrogen (secondary N) is 2. The summed E-state index contributed by atoms with van der Waals surface area (Å²) in [5.74, 6) is -2.15. The number of hydrogen-bond donors (Lipinski definition) is 3. The van der Waals surface area contributed by atoms with Crippen molar-refractivity contribution >= 4 is 34.5 Å². The fraction of sp³-hybridized carbons (Fsp3) is 0.477. The van der Waals surface area contributed by atoms with E-state index in [0.29, 0.717) is 44.5 Å². The molecule has 6 rings (SSSR count). The van der Waals surface area contributed by atoms with Crippen LogP contribution in [0.25, 0.3) is 33.3 Å². The highest BCUT2D eigenvalue weighted by Gasteiger charge is 2.36. The van der Waals surface area contributed by atoms with Gasteiger partial charge in [0.15, 0.2) is 0 Å². The number of aromatic nitrogens is 2. The predicted octanol–water partition coefficient (Wildman–Crippen LogP) is 6.14. The number of pyridine rings is 1. The van der Waals surface area contributed by atoms with Gasteiger partial charge >= 0.3 is 5.97 Å². The summed E-state index contributed by atoms with van der Waals surface area (Å²) < 4.78 is 13.9. The fourth-order valence-corrected chi connectivity index (χ4v) is 8.15. The lowest BCUT2D eigenvalue weighted by Crippen LogP contribution is -2.61. The summed E-state index contributed by atoms with van der Waals surface area (Å²) in [7, 11) is 1.68. The Balaban J connectivity index is 1.52. The van der Waals surface area contributed by atoms with Gasteiger partial charge < -0.3 is 29.3 Å². The number of carbonyl (C=O) groups excluding carboxylic acids is 4. The smallest absolute Gasteiger partial charge is 0.324 e. The minimum absolute atomic E-state index is 0.0211. The van der Waals surface area contributed by atoms with Crippen LogP contribution in [-0.2, 0) is 54.6 Å². The number of rotatable bonds is 9. The molecule has 0 spiro atoms. The maximum Gasteiger partial charge on any atom is 0.324 e. The normalized spacial score (nSPS) is 19.4. The van der Waals surface area contributed by atoms with E-state index in [2.05, 4.69) is 53.2 Å². The Hall–Kier alpha value is -5.07. The van der Waals surface area contributed by atoms with Crippen molar-refractivity contribution in [2.45, 2.75) is 98.9 Å². The zero-order valence-corrected chi connectivity index (χ0v) is 33.6. The van der Waals surface area contributed by atoms with E-state index in [1.165, 1.54) is 11.9 Å². The maximum absolute atomic E-state index is 14.3. The molecule has 3 atom stereocenters. The lowest BCUT2D eigenvalue weighted by atomic mass is 9.84. The number of ketones is 1. The van der Waals surface area contributed by atoms with Crippen molar-refractivity contribution in [3.05, 3.63) is 71.5 Å². The Kier molecular flexibility index (Phi) is 12.3. The van der Waals surface area contributed by atoms with Crippen LogP contribution in [0.5, 0.6) is 5.75 Å². The number of carbonyl (C=O) groups is 4.